The highest BCUT2D eigenvalue weighted by atomic mass is 32.2. The van der Waals surface area contributed by atoms with Crippen LogP contribution < -0.4 is 16.4 Å². The monoisotopic (exact) mass is 416 g/mol. The lowest BCUT2D eigenvalue weighted by molar-refractivity contribution is -0.148. The Hall–Kier alpha value is -1.81. The van der Waals surface area contributed by atoms with Gasteiger partial charge in [0.2, 0.25) is 17.7 Å². The third-order valence-electron chi connectivity index (χ3n) is 4.58. The van der Waals surface area contributed by atoms with Gasteiger partial charge < -0.3 is 26.4 Å². The van der Waals surface area contributed by atoms with Gasteiger partial charge in [-0.2, -0.15) is 11.8 Å². The van der Waals surface area contributed by atoms with Gasteiger partial charge in [0.25, 0.3) is 0 Å². The third kappa shape index (κ3) is 7.67. The number of hydrogen-bond acceptors (Lipinski definition) is 6. The van der Waals surface area contributed by atoms with Gasteiger partial charge in [0.15, 0.2) is 0 Å². The van der Waals surface area contributed by atoms with Gasteiger partial charge in [0, 0.05) is 6.54 Å². The van der Waals surface area contributed by atoms with Gasteiger partial charge in [-0.3, -0.25) is 14.4 Å². The van der Waals surface area contributed by atoms with Gasteiger partial charge in [-0.1, -0.05) is 13.8 Å². The smallest absolute Gasteiger partial charge is 0.326 e. The number of amides is 3. The zero-order valence-corrected chi connectivity index (χ0v) is 17.6. The van der Waals surface area contributed by atoms with Crippen LogP contribution in [-0.4, -0.2) is 76.9 Å². The number of rotatable bonds is 11. The van der Waals surface area contributed by atoms with Gasteiger partial charge in [0.05, 0.1) is 12.6 Å². The fraction of sp³-hybridized carbons (Fsp3) is 0.778. The molecule has 0 aliphatic carbocycles. The summed E-state index contributed by atoms with van der Waals surface area (Å²) in [6, 6.07) is -2.34. The Morgan fingerprint density at radius 2 is 1.93 bits per heavy atom. The quantitative estimate of drug-likeness (QED) is 0.365. The van der Waals surface area contributed by atoms with E-state index in [0.29, 0.717) is 32.2 Å². The molecule has 1 aliphatic rings. The molecule has 0 spiro atoms. The van der Waals surface area contributed by atoms with E-state index in [-0.39, 0.29) is 12.5 Å². The highest BCUT2D eigenvalue weighted by molar-refractivity contribution is 7.98. The van der Waals surface area contributed by atoms with Crippen LogP contribution in [-0.2, 0) is 19.2 Å². The average molecular weight is 417 g/mol. The number of carboxylic acids is 1. The maximum absolute atomic E-state index is 12.5. The summed E-state index contributed by atoms with van der Waals surface area (Å²) in [4.78, 5) is 49.5. The zero-order valence-electron chi connectivity index (χ0n) is 16.8. The van der Waals surface area contributed by atoms with Crippen LogP contribution in [0.15, 0.2) is 0 Å². The molecule has 0 aromatic rings. The molecular formula is C18H32N4O5S. The summed E-state index contributed by atoms with van der Waals surface area (Å²) in [5, 5.41) is 14.4. The molecule has 5 N–H and O–H groups in total. The Morgan fingerprint density at radius 3 is 2.50 bits per heavy atom. The molecule has 1 aliphatic heterocycles. The Labute approximate surface area is 170 Å². The van der Waals surface area contributed by atoms with Crippen LogP contribution in [0.5, 0.6) is 0 Å². The highest BCUT2D eigenvalue weighted by Gasteiger charge is 2.34. The first kappa shape index (κ1) is 24.2. The molecule has 0 radical (unpaired) electrons. The third-order valence-corrected chi connectivity index (χ3v) is 5.23. The van der Waals surface area contributed by atoms with Gasteiger partial charge in [-0.05, 0) is 43.6 Å². The molecule has 1 rings (SSSR count). The molecule has 0 aromatic heterocycles. The van der Waals surface area contributed by atoms with Crippen molar-refractivity contribution in [1.82, 2.24) is 15.5 Å². The molecule has 0 bridgehead atoms. The van der Waals surface area contributed by atoms with Crippen LogP contribution in [0.2, 0.25) is 0 Å². The van der Waals surface area contributed by atoms with E-state index in [0.717, 1.165) is 5.75 Å². The standard InChI is InChI=1S/C18H32N4O5S/c1-11(2)9-13(21-16(24)12(19)6-8-28-3)17(25)20-10-15(23)22-7-4-5-14(22)18(26)27/h11-14H,4-10,19H2,1-3H3,(H,20,25)(H,21,24)(H,26,27). The summed E-state index contributed by atoms with van der Waals surface area (Å²) in [5.41, 5.74) is 5.86. The Morgan fingerprint density at radius 1 is 1.25 bits per heavy atom. The van der Waals surface area contributed by atoms with E-state index in [1.54, 1.807) is 11.8 Å². The van der Waals surface area contributed by atoms with Gasteiger partial charge >= 0.3 is 5.97 Å². The zero-order chi connectivity index (χ0) is 21.3. The van der Waals surface area contributed by atoms with Crippen molar-refractivity contribution in [2.75, 3.05) is 25.1 Å². The van der Waals surface area contributed by atoms with Crippen molar-refractivity contribution in [2.24, 2.45) is 11.7 Å². The van der Waals surface area contributed by atoms with Crippen molar-refractivity contribution < 1.29 is 24.3 Å². The number of thioether (sulfide) groups is 1. The molecule has 1 saturated heterocycles. The lowest BCUT2D eigenvalue weighted by Gasteiger charge is -2.24. The van der Waals surface area contributed by atoms with E-state index in [4.69, 9.17) is 10.8 Å². The number of likely N-dealkylation sites (tertiary alicyclic amines) is 1. The predicted octanol–water partition coefficient (Wildman–Crippen LogP) is -0.210. The van der Waals surface area contributed by atoms with Gasteiger partial charge in [-0.15, -0.1) is 0 Å². The molecule has 10 heteroatoms. The van der Waals surface area contributed by atoms with Crippen LogP contribution in [0.4, 0.5) is 0 Å². The second-order valence-electron chi connectivity index (χ2n) is 7.38. The van der Waals surface area contributed by atoms with Gasteiger partial charge in [0.1, 0.15) is 12.1 Å². The molecule has 9 nitrogen and oxygen atoms in total. The van der Waals surface area contributed by atoms with Crippen molar-refractivity contribution in [3.05, 3.63) is 0 Å². The summed E-state index contributed by atoms with van der Waals surface area (Å²) >= 11 is 1.59. The number of carboxylic acid groups (broad SMARTS) is 1. The second kappa shape index (κ2) is 11.9. The van der Waals surface area contributed by atoms with Crippen molar-refractivity contribution >= 4 is 35.5 Å². The predicted molar refractivity (Wildman–Crippen MR) is 108 cm³/mol. The summed E-state index contributed by atoms with van der Waals surface area (Å²) in [6.07, 6.45) is 3.87. The number of carbonyl (C=O) groups is 4. The molecule has 0 aromatic carbocycles. The fourth-order valence-electron chi connectivity index (χ4n) is 3.07. The minimum atomic E-state index is -1.04. The Bertz CT molecular complexity index is 572. The Kier molecular flexibility index (Phi) is 10.3. The summed E-state index contributed by atoms with van der Waals surface area (Å²) in [5.74, 6) is -1.47. The van der Waals surface area contributed by atoms with Gasteiger partial charge in [-0.25, -0.2) is 4.79 Å². The molecular weight excluding hydrogens is 384 g/mol. The van der Waals surface area contributed by atoms with E-state index in [1.807, 2.05) is 20.1 Å². The number of carbonyl (C=O) groups excluding carboxylic acids is 3. The molecule has 3 amide bonds. The van der Waals surface area contributed by atoms with Crippen molar-refractivity contribution in [1.29, 1.82) is 0 Å². The first-order valence-corrected chi connectivity index (χ1v) is 10.9. The molecule has 3 unspecified atom stereocenters. The second-order valence-corrected chi connectivity index (χ2v) is 8.37. The van der Waals surface area contributed by atoms with E-state index in [9.17, 15) is 19.2 Å². The topological polar surface area (TPSA) is 142 Å². The Balaban J connectivity index is 2.63. The normalized spacial score (nSPS) is 18.6. The molecule has 3 atom stereocenters. The maximum atomic E-state index is 12.5. The molecule has 28 heavy (non-hydrogen) atoms. The average Bonchev–Trinajstić information content (AvgIpc) is 3.13. The lowest BCUT2D eigenvalue weighted by Crippen LogP contribution is -2.54. The number of nitrogens with one attached hydrogen (secondary N) is 2. The van der Waals surface area contributed by atoms with Crippen molar-refractivity contribution in [3.63, 3.8) is 0 Å². The summed E-state index contributed by atoms with van der Waals surface area (Å²) in [7, 11) is 0. The fourth-order valence-corrected chi connectivity index (χ4v) is 3.56. The minimum absolute atomic E-state index is 0.143. The first-order chi connectivity index (χ1) is 13.2. The molecule has 1 fully saturated rings. The van der Waals surface area contributed by atoms with Crippen LogP contribution in [0.25, 0.3) is 0 Å². The first-order valence-electron chi connectivity index (χ1n) is 9.52. The number of nitrogens with two attached hydrogens (primary N) is 1. The van der Waals surface area contributed by atoms with E-state index in [2.05, 4.69) is 10.6 Å². The molecule has 0 saturated carbocycles. The minimum Gasteiger partial charge on any atom is -0.480 e. The van der Waals surface area contributed by atoms with Crippen LogP contribution in [0.3, 0.4) is 0 Å². The van der Waals surface area contributed by atoms with Crippen LogP contribution >= 0.6 is 11.8 Å². The van der Waals surface area contributed by atoms with E-state index >= 15 is 0 Å². The highest BCUT2D eigenvalue weighted by Crippen LogP contribution is 2.17. The lowest BCUT2D eigenvalue weighted by atomic mass is 10.0. The summed E-state index contributed by atoms with van der Waals surface area (Å²) < 4.78 is 0. The van der Waals surface area contributed by atoms with Crippen LogP contribution in [0, 0.1) is 5.92 Å². The van der Waals surface area contributed by atoms with Crippen LogP contribution in [0.1, 0.15) is 39.5 Å². The molecule has 1 heterocycles. The van der Waals surface area contributed by atoms with Crippen molar-refractivity contribution in [3.8, 4) is 0 Å². The number of aliphatic carboxylic acids is 1. The summed E-state index contributed by atoms with van der Waals surface area (Å²) in [6.45, 7) is 3.91. The maximum Gasteiger partial charge on any atom is 0.326 e. The van der Waals surface area contributed by atoms with Crippen molar-refractivity contribution in [2.45, 2.75) is 57.7 Å². The number of hydrogen-bond donors (Lipinski definition) is 4. The van der Waals surface area contributed by atoms with E-state index in [1.165, 1.54) is 4.90 Å². The SMILES string of the molecule is CSCCC(N)C(=O)NC(CC(C)C)C(=O)NCC(=O)N1CCCC1C(=O)O. The molecule has 160 valence electrons. The largest absolute Gasteiger partial charge is 0.480 e. The number of nitrogens with zero attached hydrogens (tertiary/aromatic N) is 1. The van der Waals surface area contributed by atoms with E-state index < -0.39 is 41.8 Å².